The van der Waals surface area contributed by atoms with Crippen LogP contribution in [0.25, 0.3) is 0 Å². The second-order valence-corrected chi connectivity index (χ2v) is 10.1. The van der Waals surface area contributed by atoms with E-state index in [1.807, 2.05) is 30.3 Å². The molecule has 194 valence electrons. The Morgan fingerprint density at radius 3 is 2.19 bits per heavy atom. The van der Waals surface area contributed by atoms with Gasteiger partial charge in [-0.15, -0.1) is 0 Å². The third kappa shape index (κ3) is 5.37. The smallest absolute Gasteiger partial charge is 0.338 e. The molecule has 2 aliphatic rings. The minimum Gasteiger partial charge on any atom is -0.376 e. The molecule has 5 rings (SSSR count). The van der Waals surface area contributed by atoms with Crippen molar-refractivity contribution in [1.29, 1.82) is 0 Å². The largest absolute Gasteiger partial charge is 0.376 e. The number of rotatable bonds is 7. The number of aryl methyl sites for hydroxylation is 1. The van der Waals surface area contributed by atoms with Gasteiger partial charge in [0.1, 0.15) is 0 Å². The predicted octanol–water partition coefficient (Wildman–Crippen LogP) is 3.53. The lowest BCUT2D eigenvalue weighted by molar-refractivity contribution is -0.198. The maximum Gasteiger partial charge on any atom is 0.338 e. The van der Waals surface area contributed by atoms with Gasteiger partial charge in [-0.25, -0.2) is 4.79 Å². The molecule has 1 saturated carbocycles. The molecule has 1 aliphatic carbocycles. The van der Waals surface area contributed by atoms with Crippen LogP contribution in [0.4, 0.5) is 0 Å². The molecule has 0 radical (unpaired) electrons. The minimum atomic E-state index is -0.638. The van der Waals surface area contributed by atoms with Gasteiger partial charge >= 0.3 is 5.69 Å². The number of hydrogen-bond donors (Lipinski definition) is 0. The first-order valence-corrected chi connectivity index (χ1v) is 12.7. The number of aromatic nitrogens is 2. The van der Waals surface area contributed by atoms with Crippen LogP contribution in [0.1, 0.15) is 47.2 Å². The van der Waals surface area contributed by atoms with Crippen LogP contribution in [0, 0.1) is 12.3 Å². The van der Waals surface area contributed by atoms with Crippen molar-refractivity contribution in [2.75, 3.05) is 19.8 Å². The Morgan fingerprint density at radius 2 is 1.54 bits per heavy atom. The fraction of sp³-hybridized carbons (Fsp3) is 0.414. The topological polar surface area (TPSA) is 88.8 Å². The van der Waals surface area contributed by atoms with Gasteiger partial charge in [-0.2, -0.15) is 4.57 Å². The zero-order valence-electron chi connectivity index (χ0n) is 21.1. The molecule has 8 nitrogen and oxygen atoms in total. The zero-order chi connectivity index (χ0) is 25.9. The van der Waals surface area contributed by atoms with Gasteiger partial charge in [-0.1, -0.05) is 48.5 Å². The summed E-state index contributed by atoms with van der Waals surface area (Å²) >= 11 is 0. The van der Waals surface area contributed by atoms with Crippen molar-refractivity contribution in [3.63, 3.8) is 0 Å². The number of ether oxygens (including phenoxy) is 3. The van der Waals surface area contributed by atoms with Gasteiger partial charge in [0.15, 0.2) is 5.79 Å². The maximum absolute atomic E-state index is 13.5. The van der Waals surface area contributed by atoms with Crippen molar-refractivity contribution >= 4 is 5.91 Å². The second kappa shape index (κ2) is 10.6. The monoisotopic (exact) mass is 504 g/mol. The number of carbonyl (C=O) groups excluding carboxylic acids is 1. The molecular formula is C29H32N2O6. The van der Waals surface area contributed by atoms with E-state index in [0.717, 1.165) is 23.0 Å². The second-order valence-electron chi connectivity index (χ2n) is 10.1. The SMILES string of the molecule is Cc1cn(CC2(COCc3ccccc3)CCC3(CC2)OCCO3)c(=O)n(C(=O)c2ccccc2)c1=O. The van der Waals surface area contributed by atoms with Crippen LogP contribution in [0.15, 0.2) is 76.4 Å². The standard InChI is InChI=1S/C29H32N2O6/c1-22-18-30(27(34)31(25(22)32)26(33)24-10-6-3-7-11-24)20-28(21-35-19-23-8-4-2-5-9-23)12-14-29(15-13-28)36-16-17-37-29/h2-11,18H,12-17,19-21H2,1H3. The van der Waals surface area contributed by atoms with Gasteiger partial charge in [0.25, 0.3) is 11.5 Å². The molecule has 0 N–H and O–H groups in total. The molecule has 8 heteroatoms. The normalized spacial score (nSPS) is 18.2. The molecule has 1 spiro atoms. The summed E-state index contributed by atoms with van der Waals surface area (Å²) in [4.78, 5) is 39.6. The van der Waals surface area contributed by atoms with E-state index in [2.05, 4.69) is 0 Å². The molecule has 0 bridgehead atoms. The third-order valence-corrected chi connectivity index (χ3v) is 7.46. The highest BCUT2D eigenvalue weighted by molar-refractivity contribution is 5.95. The molecule has 1 aliphatic heterocycles. The molecule has 1 saturated heterocycles. The highest BCUT2D eigenvalue weighted by Crippen LogP contribution is 2.45. The Bertz CT molecular complexity index is 1350. The van der Waals surface area contributed by atoms with Crippen molar-refractivity contribution in [3.8, 4) is 0 Å². The number of benzene rings is 2. The molecule has 37 heavy (non-hydrogen) atoms. The van der Waals surface area contributed by atoms with Crippen LogP contribution in [0.5, 0.6) is 0 Å². The van der Waals surface area contributed by atoms with Crippen LogP contribution in [0.2, 0.25) is 0 Å². The van der Waals surface area contributed by atoms with E-state index in [1.165, 1.54) is 4.57 Å². The third-order valence-electron chi connectivity index (χ3n) is 7.46. The predicted molar refractivity (Wildman–Crippen MR) is 138 cm³/mol. The van der Waals surface area contributed by atoms with E-state index in [9.17, 15) is 14.4 Å². The molecule has 2 aromatic carbocycles. The van der Waals surface area contributed by atoms with E-state index in [1.54, 1.807) is 43.5 Å². The van der Waals surface area contributed by atoms with Gasteiger partial charge in [0.2, 0.25) is 0 Å². The highest BCUT2D eigenvalue weighted by atomic mass is 16.7. The van der Waals surface area contributed by atoms with E-state index in [4.69, 9.17) is 14.2 Å². The molecule has 0 unspecified atom stereocenters. The number of carbonyl (C=O) groups is 1. The maximum atomic E-state index is 13.5. The van der Waals surface area contributed by atoms with Gasteiger partial charge in [0, 0.05) is 42.1 Å². The van der Waals surface area contributed by atoms with E-state index < -0.39 is 22.9 Å². The summed E-state index contributed by atoms with van der Waals surface area (Å²) in [7, 11) is 0. The zero-order valence-corrected chi connectivity index (χ0v) is 21.1. The molecule has 3 aromatic rings. The summed E-state index contributed by atoms with van der Waals surface area (Å²) in [6.45, 7) is 4.00. The molecule has 0 amide bonds. The fourth-order valence-corrected chi connectivity index (χ4v) is 5.35. The Morgan fingerprint density at radius 1 is 0.919 bits per heavy atom. The lowest BCUT2D eigenvalue weighted by atomic mass is 9.72. The quantitative estimate of drug-likeness (QED) is 0.489. The fourth-order valence-electron chi connectivity index (χ4n) is 5.35. The molecular weight excluding hydrogens is 472 g/mol. The lowest BCUT2D eigenvalue weighted by Gasteiger charge is -2.43. The molecule has 2 fully saturated rings. The summed E-state index contributed by atoms with van der Waals surface area (Å²) in [6.07, 6.45) is 4.39. The number of nitrogens with zero attached hydrogens (tertiary/aromatic N) is 2. The lowest BCUT2D eigenvalue weighted by Crippen LogP contribution is -2.49. The Kier molecular flexibility index (Phi) is 7.24. The van der Waals surface area contributed by atoms with Crippen LogP contribution in [0.3, 0.4) is 0 Å². The van der Waals surface area contributed by atoms with Gasteiger partial charge in [-0.3, -0.25) is 14.2 Å². The first-order valence-electron chi connectivity index (χ1n) is 12.7. The van der Waals surface area contributed by atoms with Crippen LogP contribution in [-0.2, 0) is 27.4 Å². The summed E-state index contributed by atoms with van der Waals surface area (Å²) in [6, 6.07) is 18.3. The van der Waals surface area contributed by atoms with Crippen molar-refractivity contribution in [3.05, 3.63) is 104 Å². The van der Waals surface area contributed by atoms with E-state index in [0.29, 0.717) is 51.4 Å². The summed E-state index contributed by atoms with van der Waals surface area (Å²) < 4.78 is 20.3. The first-order chi connectivity index (χ1) is 17.9. The summed E-state index contributed by atoms with van der Waals surface area (Å²) in [5.74, 6) is -1.19. The van der Waals surface area contributed by atoms with Crippen molar-refractivity contribution < 1.29 is 19.0 Å². The first kappa shape index (κ1) is 25.3. The van der Waals surface area contributed by atoms with Crippen molar-refractivity contribution in [2.45, 2.75) is 51.5 Å². The summed E-state index contributed by atoms with van der Waals surface area (Å²) in [5, 5.41) is 0. The average Bonchev–Trinajstić information content (AvgIpc) is 3.39. The van der Waals surface area contributed by atoms with Crippen LogP contribution < -0.4 is 11.2 Å². The molecule has 0 atom stereocenters. The highest BCUT2D eigenvalue weighted by Gasteiger charge is 2.46. The Balaban J connectivity index is 1.44. The number of hydrogen-bond acceptors (Lipinski definition) is 6. The van der Waals surface area contributed by atoms with Crippen LogP contribution in [-0.4, -0.2) is 40.6 Å². The Labute approximate surface area is 215 Å². The summed E-state index contributed by atoms with van der Waals surface area (Å²) in [5.41, 5.74) is 0.0699. The van der Waals surface area contributed by atoms with E-state index >= 15 is 0 Å². The van der Waals surface area contributed by atoms with Crippen molar-refractivity contribution in [2.24, 2.45) is 5.41 Å². The van der Waals surface area contributed by atoms with Gasteiger partial charge in [-0.05, 0) is 37.5 Å². The van der Waals surface area contributed by atoms with Gasteiger partial charge < -0.3 is 14.2 Å². The van der Waals surface area contributed by atoms with Crippen LogP contribution >= 0.6 is 0 Å². The minimum absolute atomic E-state index is 0.287. The average molecular weight is 505 g/mol. The molecule has 1 aromatic heterocycles. The van der Waals surface area contributed by atoms with E-state index in [-0.39, 0.29) is 11.0 Å². The van der Waals surface area contributed by atoms with Crippen molar-refractivity contribution in [1.82, 2.24) is 9.13 Å². The van der Waals surface area contributed by atoms with Gasteiger partial charge in [0.05, 0.1) is 26.4 Å². The Hall–Kier alpha value is -3.33. The molecule has 2 heterocycles.